The van der Waals surface area contributed by atoms with Gasteiger partial charge < -0.3 is 16.2 Å². The van der Waals surface area contributed by atoms with Crippen molar-refractivity contribution < 1.29 is 13.9 Å². The third-order valence-electron chi connectivity index (χ3n) is 3.92. The normalized spacial score (nSPS) is 13.6. The van der Waals surface area contributed by atoms with E-state index in [0.29, 0.717) is 31.5 Å². The Hall–Kier alpha value is -1.96. The summed E-state index contributed by atoms with van der Waals surface area (Å²) in [5.74, 6) is -0.442. The van der Waals surface area contributed by atoms with Crippen LogP contribution in [-0.4, -0.2) is 33.8 Å². The van der Waals surface area contributed by atoms with Crippen LogP contribution >= 0.6 is 0 Å². The van der Waals surface area contributed by atoms with Gasteiger partial charge in [0, 0.05) is 37.8 Å². The van der Waals surface area contributed by atoms with Crippen LogP contribution < -0.4 is 11.1 Å². The lowest BCUT2D eigenvalue weighted by molar-refractivity contribution is 0.138. The highest BCUT2D eigenvalue weighted by molar-refractivity contribution is 5.18. The molecule has 0 saturated carbocycles. The minimum atomic E-state index is -0.758. The maximum Gasteiger partial charge on any atom is 0.128 e. The molecule has 0 aliphatic heterocycles. The van der Waals surface area contributed by atoms with E-state index in [1.165, 1.54) is 12.1 Å². The van der Waals surface area contributed by atoms with Crippen LogP contribution in [0.15, 0.2) is 30.5 Å². The largest absolute Gasteiger partial charge is 0.390 e. The zero-order chi connectivity index (χ0) is 18.2. The Morgan fingerprint density at radius 2 is 1.96 bits per heavy atom. The molecule has 2 aromatic rings. The monoisotopic (exact) mass is 350 g/mol. The second kappa shape index (κ2) is 9.50. The third-order valence-corrected chi connectivity index (χ3v) is 3.92. The van der Waals surface area contributed by atoms with Crippen LogP contribution in [0.2, 0.25) is 0 Å². The Bertz CT molecular complexity index is 664. The molecular weight excluding hydrogens is 326 g/mol. The number of nitrogens with zero attached hydrogens (tertiary/aromatic N) is 2. The molecule has 136 valence electrons. The predicted molar refractivity (Wildman–Crippen MR) is 91.8 cm³/mol. The molecule has 0 spiro atoms. The fourth-order valence-corrected chi connectivity index (χ4v) is 2.49. The standard InChI is InChI=1S/C18H24F2N4O/c1-2-18-23-6-5-15(24-18)10-22-11-17(25)16(21)4-3-12-7-13(19)9-14(20)8-12/h5-9,16-17,22,25H,2-4,10-11,21H2,1H3/t16-,17+/m0/s1. The fraction of sp³-hybridized carbons (Fsp3) is 0.444. The smallest absolute Gasteiger partial charge is 0.128 e. The molecule has 1 aromatic heterocycles. The van der Waals surface area contributed by atoms with Gasteiger partial charge in [0.1, 0.15) is 17.5 Å². The van der Waals surface area contributed by atoms with Gasteiger partial charge in [-0.15, -0.1) is 0 Å². The van der Waals surface area contributed by atoms with Crippen LogP contribution in [0.1, 0.15) is 30.4 Å². The van der Waals surface area contributed by atoms with E-state index in [2.05, 4.69) is 15.3 Å². The Morgan fingerprint density at radius 3 is 2.64 bits per heavy atom. The van der Waals surface area contributed by atoms with Crippen LogP contribution in [0, 0.1) is 11.6 Å². The number of aromatic nitrogens is 2. The predicted octanol–water partition coefficient (Wildman–Crippen LogP) is 1.73. The molecule has 0 aliphatic carbocycles. The summed E-state index contributed by atoms with van der Waals surface area (Å²) in [7, 11) is 0. The minimum absolute atomic E-state index is 0.310. The number of aryl methyl sites for hydroxylation is 2. The summed E-state index contributed by atoms with van der Waals surface area (Å²) in [5.41, 5.74) is 7.34. The summed E-state index contributed by atoms with van der Waals surface area (Å²) in [6.07, 6.45) is 2.55. The molecule has 4 N–H and O–H groups in total. The SMILES string of the molecule is CCc1nccc(CNC[C@@H](O)[C@@H](N)CCc2cc(F)cc(F)c2)n1. The summed E-state index contributed by atoms with van der Waals surface area (Å²) in [6.45, 7) is 2.80. The van der Waals surface area contributed by atoms with Gasteiger partial charge >= 0.3 is 0 Å². The highest BCUT2D eigenvalue weighted by Crippen LogP contribution is 2.11. The molecule has 0 unspecified atom stereocenters. The van der Waals surface area contributed by atoms with Crippen molar-refractivity contribution in [3.8, 4) is 0 Å². The molecule has 7 heteroatoms. The van der Waals surface area contributed by atoms with E-state index in [1.54, 1.807) is 6.20 Å². The highest BCUT2D eigenvalue weighted by Gasteiger charge is 2.15. The van der Waals surface area contributed by atoms with Gasteiger partial charge in [0.25, 0.3) is 0 Å². The first-order chi connectivity index (χ1) is 12.0. The van der Waals surface area contributed by atoms with Crippen molar-refractivity contribution in [2.45, 2.75) is 44.9 Å². The minimum Gasteiger partial charge on any atom is -0.390 e. The van der Waals surface area contributed by atoms with Gasteiger partial charge in [-0.1, -0.05) is 6.92 Å². The van der Waals surface area contributed by atoms with Crippen molar-refractivity contribution in [2.24, 2.45) is 5.73 Å². The zero-order valence-electron chi connectivity index (χ0n) is 14.3. The topological polar surface area (TPSA) is 84.1 Å². The summed E-state index contributed by atoms with van der Waals surface area (Å²) in [4.78, 5) is 8.50. The van der Waals surface area contributed by atoms with Gasteiger partial charge in [0.2, 0.25) is 0 Å². The van der Waals surface area contributed by atoms with E-state index < -0.39 is 23.8 Å². The van der Waals surface area contributed by atoms with Crippen LogP contribution in [0.5, 0.6) is 0 Å². The lowest BCUT2D eigenvalue weighted by atomic mass is 10.0. The first kappa shape index (κ1) is 19.4. The average molecular weight is 350 g/mol. The summed E-state index contributed by atoms with van der Waals surface area (Å²) < 4.78 is 26.3. The van der Waals surface area contributed by atoms with Crippen LogP contribution in [0.25, 0.3) is 0 Å². The third kappa shape index (κ3) is 6.45. The van der Waals surface area contributed by atoms with Crippen LogP contribution in [0.4, 0.5) is 8.78 Å². The molecule has 0 fully saturated rings. The van der Waals surface area contributed by atoms with Crippen LogP contribution in [-0.2, 0) is 19.4 Å². The number of nitrogens with two attached hydrogens (primary N) is 1. The molecule has 0 radical (unpaired) electrons. The number of hydrogen-bond acceptors (Lipinski definition) is 5. The average Bonchev–Trinajstić information content (AvgIpc) is 2.59. The Morgan fingerprint density at radius 1 is 1.24 bits per heavy atom. The van der Waals surface area contributed by atoms with Crippen molar-refractivity contribution in [3.05, 3.63) is 59.2 Å². The summed E-state index contributed by atoms with van der Waals surface area (Å²) in [5, 5.41) is 13.2. The van der Waals surface area contributed by atoms with E-state index in [9.17, 15) is 13.9 Å². The van der Waals surface area contributed by atoms with E-state index >= 15 is 0 Å². The first-order valence-electron chi connectivity index (χ1n) is 8.38. The van der Waals surface area contributed by atoms with Crippen molar-refractivity contribution in [2.75, 3.05) is 6.54 Å². The van der Waals surface area contributed by atoms with Crippen molar-refractivity contribution in [3.63, 3.8) is 0 Å². The van der Waals surface area contributed by atoms with E-state index in [1.807, 2.05) is 13.0 Å². The molecule has 2 rings (SSSR count). The molecule has 1 heterocycles. The van der Waals surface area contributed by atoms with Crippen molar-refractivity contribution in [1.82, 2.24) is 15.3 Å². The number of nitrogens with one attached hydrogen (secondary N) is 1. The first-order valence-corrected chi connectivity index (χ1v) is 8.38. The number of aliphatic hydroxyl groups is 1. The number of benzene rings is 1. The number of rotatable bonds is 9. The van der Waals surface area contributed by atoms with Gasteiger partial charge in [0.15, 0.2) is 0 Å². The highest BCUT2D eigenvalue weighted by atomic mass is 19.1. The molecule has 0 bridgehead atoms. The quantitative estimate of drug-likeness (QED) is 0.641. The molecule has 25 heavy (non-hydrogen) atoms. The van der Waals surface area contributed by atoms with Crippen molar-refractivity contribution >= 4 is 0 Å². The Balaban J connectivity index is 1.75. The van der Waals surface area contributed by atoms with Gasteiger partial charge in [-0.3, -0.25) is 0 Å². The Kier molecular flexibility index (Phi) is 7.36. The lowest BCUT2D eigenvalue weighted by Gasteiger charge is -2.19. The molecule has 5 nitrogen and oxygen atoms in total. The number of aliphatic hydroxyl groups excluding tert-OH is 1. The second-order valence-corrected chi connectivity index (χ2v) is 6.00. The second-order valence-electron chi connectivity index (χ2n) is 6.00. The van der Waals surface area contributed by atoms with Gasteiger partial charge in [-0.2, -0.15) is 0 Å². The van der Waals surface area contributed by atoms with Gasteiger partial charge in [-0.05, 0) is 36.6 Å². The van der Waals surface area contributed by atoms with Gasteiger partial charge in [0.05, 0.1) is 11.8 Å². The van der Waals surface area contributed by atoms with Crippen LogP contribution in [0.3, 0.4) is 0 Å². The molecule has 0 aliphatic rings. The Labute approximate surface area is 146 Å². The van der Waals surface area contributed by atoms with Gasteiger partial charge in [-0.25, -0.2) is 18.7 Å². The van der Waals surface area contributed by atoms with E-state index in [-0.39, 0.29) is 0 Å². The van der Waals surface area contributed by atoms with E-state index in [4.69, 9.17) is 5.73 Å². The zero-order valence-corrected chi connectivity index (χ0v) is 14.3. The van der Waals surface area contributed by atoms with E-state index in [0.717, 1.165) is 24.0 Å². The molecule has 1 aromatic carbocycles. The molecule has 0 saturated heterocycles. The molecule has 2 atom stereocenters. The van der Waals surface area contributed by atoms with Crippen molar-refractivity contribution in [1.29, 1.82) is 0 Å². The lowest BCUT2D eigenvalue weighted by Crippen LogP contribution is -2.42. The summed E-state index contributed by atoms with van der Waals surface area (Å²) in [6, 6.07) is 4.72. The molecular formula is C18H24F2N4O. The molecule has 0 amide bonds. The fourth-order valence-electron chi connectivity index (χ4n) is 2.49. The maximum atomic E-state index is 13.2. The maximum absolute atomic E-state index is 13.2. The number of halogens is 2. The number of hydrogen-bond donors (Lipinski definition) is 3. The summed E-state index contributed by atoms with van der Waals surface area (Å²) >= 11 is 0.